The number of anilines is 1. The highest BCUT2D eigenvalue weighted by molar-refractivity contribution is 5.76. The van der Waals surface area contributed by atoms with E-state index in [4.69, 9.17) is 10.00 Å². The van der Waals surface area contributed by atoms with Crippen LogP contribution in [0.25, 0.3) is 0 Å². The van der Waals surface area contributed by atoms with E-state index in [1.165, 1.54) is 23.9 Å². The summed E-state index contributed by atoms with van der Waals surface area (Å²) in [5.74, 6) is 0.839. The number of nitrogens with one attached hydrogen (secondary N) is 2. The lowest BCUT2D eigenvalue weighted by Crippen LogP contribution is -2.50. The number of rotatable bonds is 17. The van der Waals surface area contributed by atoms with Crippen molar-refractivity contribution in [2.45, 2.75) is 120 Å². The molecular formula is C46H66FN5O2. The number of aldehydes is 1. The van der Waals surface area contributed by atoms with Gasteiger partial charge in [-0.15, -0.1) is 0 Å². The first-order valence-corrected chi connectivity index (χ1v) is 19.7. The number of halogens is 1. The molecule has 8 heteroatoms. The number of piperazine rings is 1. The molecule has 4 atom stereocenters. The van der Waals surface area contributed by atoms with Gasteiger partial charge in [-0.05, 0) is 113 Å². The van der Waals surface area contributed by atoms with Crippen LogP contribution in [0.1, 0.15) is 115 Å². The van der Waals surface area contributed by atoms with Gasteiger partial charge in [0.15, 0.2) is 0 Å². The van der Waals surface area contributed by atoms with Crippen molar-refractivity contribution in [3.8, 4) is 6.07 Å². The van der Waals surface area contributed by atoms with Crippen LogP contribution in [0.3, 0.4) is 0 Å². The van der Waals surface area contributed by atoms with Gasteiger partial charge < -0.3 is 20.3 Å². The van der Waals surface area contributed by atoms with Crippen molar-refractivity contribution in [1.29, 1.82) is 5.26 Å². The van der Waals surface area contributed by atoms with Crippen molar-refractivity contribution < 1.29 is 13.9 Å². The third kappa shape index (κ3) is 13.7. The van der Waals surface area contributed by atoms with Gasteiger partial charge in [0.2, 0.25) is 0 Å². The summed E-state index contributed by atoms with van der Waals surface area (Å²) in [5.41, 5.74) is 7.21. The number of benzene rings is 2. The van der Waals surface area contributed by atoms with E-state index in [0.29, 0.717) is 40.7 Å². The van der Waals surface area contributed by atoms with Gasteiger partial charge >= 0.3 is 0 Å². The van der Waals surface area contributed by atoms with E-state index in [-0.39, 0.29) is 6.61 Å². The second kappa shape index (κ2) is 23.9. The molecule has 1 saturated carbocycles. The normalized spacial score (nSPS) is 18.4. The minimum absolute atomic E-state index is 0.110. The molecule has 294 valence electrons. The highest BCUT2D eigenvalue weighted by atomic mass is 19.1. The number of carbonyl (C=O) groups excluding carboxylic acids is 1. The zero-order valence-electron chi connectivity index (χ0n) is 34.6. The first-order chi connectivity index (χ1) is 26.0. The summed E-state index contributed by atoms with van der Waals surface area (Å²) < 4.78 is 20.4. The Balaban J connectivity index is 0.000000893. The van der Waals surface area contributed by atoms with E-state index in [1.807, 2.05) is 70.2 Å². The van der Waals surface area contributed by atoms with Gasteiger partial charge in [0.1, 0.15) is 24.5 Å². The smallest absolute Gasteiger partial charge is 0.150 e. The molecule has 1 aliphatic heterocycles. The Bertz CT molecular complexity index is 1670. The average Bonchev–Trinajstić information content (AvgIpc) is 4.01. The molecule has 1 saturated heterocycles. The molecule has 4 unspecified atom stereocenters. The summed E-state index contributed by atoms with van der Waals surface area (Å²) >= 11 is 0. The second-order valence-corrected chi connectivity index (χ2v) is 13.8. The molecule has 7 nitrogen and oxygen atoms in total. The molecule has 1 aliphatic carbocycles. The van der Waals surface area contributed by atoms with Gasteiger partial charge in [-0.1, -0.05) is 72.8 Å². The van der Waals surface area contributed by atoms with Gasteiger partial charge in [0.05, 0.1) is 11.6 Å². The molecular weight excluding hydrogens is 674 g/mol. The van der Waals surface area contributed by atoms with E-state index in [9.17, 15) is 9.18 Å². The zero-order chi connectivity index (χ0) is 40.2. The van der Waals surface area contributed by atoms with Gasteiger partial charge in [-0.2, -0.15) is 5.26 Å². The Kier molecular flexibility index (Phi) is 20.2. The van der Waals surface area contributed by atoms with E-state index in [0.717, 1.165) is 67.8 Å². The SMILES string of the molecule is C=CN/C(=C\C)CC.CC.CCC(C)=C(/C=C\C=C(/C)N1CCN(CC(Nc2ccc(C=O)cc2C)C(C)CC)C2CC21)OCc1ccc(C#N)cc1F. The summed E-state index contributed by atoms with van der Waals surface area (Å²) in [4.78, 5) is 16.4. The Labute approximate surface area is 326 Å². The van der Waals surface area contributed by atoms with Crippen LogP contribution in [0.5, 0.6) is 0 Å². The number of aryl methyl sites for hydroxylation is 1. The van der Waals surface area contributed by atoms with Gasteiger partial charge in [0.25, 0.3) is 0 Å². The molecule has 4 rings (SSSR count). The molecule has 0 aromatic heterocycles. The Morgan fingerprint density at radius 3 is 2.41 bits per heavy atom. The number of nitriles is 1. The number of allylic oxidation sites excluding steroid dienone is 7. The molecule has 0 radical (unpaired) electrons. The van der Waals surface area contributed by atoms with Crippen molar-refractivity contribution in [3.05, 3.63) is 124 Å². The summed E-state index contributed by atoms with van der Waals surface area (Å²) in [5, 5.41) is 15.8. The molecule has 2 aromatic carbocycles. The standard InChI is InChI=1S/C37H47FN4O2.C7H13N.C2H6/c1-7-25(3)34(40-33-15-13-30(23-43)18-27(33)5)22-41-16-17-42(36-20-35(36)41)28(6)10-9-11-37(26(4)8-2)44-24-31-14-12-29(21-39)19-32(31)38;1-4-7(5-2)8-6-3;1-2/h9-15,18-19,23,25,34-36,40H,7-8,16-17,20,22,24H2,1-6H3;4,6,8H,3,5H2,1-2H3;1-2H3/b11-9-,28-10+,37-26?;7-4-;. The molecule has 2 aromatic rings. The van der Waals surface area contributed by atoms with Crippen LogP contribution in [-0.4, -0.2) is 53.8 Å². The maximum atomic E-state index is 14.4. The topological polar surface area (TPSA) is 80.6 Å². The summed E-state index contributed by atoms with van der Waals surface area (Å²) in [6, 6.07) is 13.7. The van der Waals surface area contributed by atoms with Crippen LogP contribution in [0.15, 0.2) is 96.2 Å². The van der Waals surface area contributed by atoms with Crippen LogP contribution in [0.2, 0.25) is 0 Å². The van der Waals surface area contributed by atoms with Crippen LogP contribution in [-0.2, 0) is 11.3 Å². The van der Waals surface area contributed by atoms with E-state index >= 15 is 0 Å². The van der Waals surface area contributed by atoms with Crippen molar-refractivity contribution in [2.24, 2.45) is 5.92 Å². The zero-order valence-corrected chi connectivity index (χ0v) is 34.6. The van der Waals surface area contributed by atoms with Crippen LogP contribution in [0.4, 0.5) is 10.1 Å². The molecule has 2 N–H and O–H groups in total. The quantitative estimate of drug-likeness (QED) is 0.0950. The fraction of sp³-hybridized carbons (Fsp3) is 0.478. The lowest BCUT2D eigenvalue weighted by atomic mass is 9.97. The van der Waals surface area contributed by atoms with Crippen molar-refractivity contribution >= 4 is 12.0 Å². The summed E-state index contributed by atoms with van der Waals surface area (Å²) in [6.45, 7) is 27.7. The van der Waals surface area contributed by atoms with Gasteiger partial charge in [0, 0.05) is 66.0 Å². The minimum Gasteiger partial charge on any atom is -0.489 e. The molecule has 0 amide bonds. The van der Waals surface area contributed by atoms with Crippen molar-refractivity contribution in [1.82, 2.24) is 15.1 Å². The number of hydrogen-bond donors (Lipinski definition) is 2. The maximum absolute atomic E-state index is 14.4. The predicted molar refractivity (Wildman–Crippen MR) is 224 cm³/mol. The third-order valence-electron chi connectivity index (χ3n) is 10.3. The fourth-order valence-electron chi connectivity index (χ4n) is 6.42. The van der Waals surface area contributed by atoms with Crippen molar-refractivity contribution in [3.63, 3.8) is 0 Å². The average molecular weight is 740 g/mol. The largest absolute Gasteiger partial charge is 0.489 e. The molecule has 2 fully saturated rings. The molecule has 2 aliphatic rings. The van der Waals surface area contributed by atoms with Gasteiger partial charge in [-0.25, -0.2) is 4.39 Å². The number of hydrogen-bond acceptors (Lipinski definition) is 7. The number of fused-ring (bicyclic) bond motifs is 1. The minimum atomic E-state index is -0.426. The number of nitrogens with zero attached hydrogens (tertiary/aromatic N) is 3. The summed E-state index contributed by atoms with van der Waals surface area (Å²) in [7, 11) is 0. The lowest BCUT2D eigenvalue weighted by molar-refractivity contribution is 0.112. The monoisotopic (exact) mass is 740 g/mol. The highest BCUT2D eigenvalue weighted by Crippen LogP contribution is 2.39. The van der Waals surface area contributed by atoms with E-state index in [2.05, 4.69) is 74.6 Å². The van der Waals surface area contributed by atoms with Crippen LogP contribution in [0, 0.1) is 30.0 Å². The van der Waals surface area contributed by atoms with Crippen molar-refractivity contribution in [2.75, 3.05) is 25.0 Å². The van der Waals surface area contributed by atoms with Gasteiger partial charge in [-0.3, -0.25) is 9.69 Å². The Morgan fingerprint density at radius 2 is 1.85 bits per heavy atom. The van der Waals surface area contributed by atoms with E-state index < -0.39 is 5.82 Å². The predicted octanol–water partition coefficient (Wildman–Crippen LogP) is 10.8. The Morgan fingerprint density at radius 1 is 1.11 bits per heavy atom. The summed E-state index contributed by atoms with van der Waals surface area (Å²) in [6.07, 6.45) is 14.9. The first kappa shape index (κ1) is 45.5. The molecule has 0 bridgehead atoms. The van der Waals surface area contributed by atoms with E-state index in [1.54, 1.807) is 18.3 Å². The first-order valence-electron chi connectivity index (χ1n) is 19.7. The Hall–Kier alpha value is -4.61. The second-order valence-electron chi connectivity index (χ2n) is 13.8. The molecule has 1 heterocycles. The van der Waals surface area contributed by atoms with Crippen LogP contribution >= 0.6 is 0 Å². The fourth-order valence-corrected chi connectivity index (χ4v) is 6.42. The maximum Gasteiger partial charge on any atom is 0.150 e. The highest BCUT2D eigenvalue weighted by Gasteiger charge is 2.49. The molecule has 0 spiro atoms. The molecule has 54 heavy (non-hydrogen) atoms. The third-order valence-corrected chi connectivity index (χ3v) is 10.3. The number of ether oxygens (including phenoxy) is 1. The van der Waals surface area contributed by atoms with Crippen LogP contribution < -0.4 is 10.6 Å². The number of carbonyl (C=O) groups is 1. The lowest BCUT2D eigenvalue weighted by Gasteiger charge is -2.39.